The highest BCUT2D eigenvalue weighted by molar-refractivity contribution is 9.09. The molecule has 0 bridgehead atoms. The van der Waals surface area contributed by atoms with Crippen LogP contribution in [-0.2, 0) is 10.2 Å². The van der Waals surface area contributed by atoms with Crippen molar-refractivity contribution >= 4 is 33.2 Å². The average molecular weight is 330 g/mol. The number of benzene rings is 2. The van der Waals surface area contributed by atoms with Crippen LogP contribution in [0, 0.1) is 0 Å². The Kier molecular flexibility index (Phi) is 3.38. The van der Waals surface area contributed by atoms with Crippen LogP contribution >= 0.6 is 15.9 Å². The molecule has 2 aromatic rings. The Morgan fingerprint density at radius 1 is 1.05 bits per heavy atom. The van der Waals surface area contributed by atoms with Crippen molar-refractivity contribution in [2.75, 3.05) is 10.2 Å². The number of hydrogen-bond acceptors (Lipinski definition) is 1. The molecule has 1 amide bonds. The summed E-state index contributed by atoms with van der Waals surface area (Å²) in [7, 11) is 0. The lowest BCUT2D eigenvalue weighted by atomic mass is 9.81. The number of carbonyl (C=O) groups excluding carboxylic acids is 1. The Bertz CT molecular complexity index is 640. The number of fused-ring (bicyclic) bond motifs is 1. The van der Waals surface area contributed by atoms with Crippen LogP contribution in [0.25, 0.3) is 0 Å². The minimum Gasteiger partial charge on any atom is -0.280 e. The number of amides is 1. The van der Waals surface area contributed by atoms with Gasteiger partial charge in [-0.05, 0) is 37.1 Å². The predicted octanol–water partition coefficient (Wildman–Crippen LogP) is 4.41. The number of nitrogens with zero attached hydrogens (tertiary/aromatic N) is 1. The lowest BCUT2D eigenvalue weighted by Gasteiger charge is -2.23. The van der Waals surface area contributed by atoms with Crippen molar-refractivity contribution in [3.63, 3.8) is 0 Å². The van der Waals surface area contributed by atoms with Gasteiger partial charge in [0.25, 0.3) is 0 Å². The molecule has 1 atom stereocenters. The van der Waals surface area contributed by atoms with Gasteiger partial charge in [-0.15, -0.1) is 0 Å². The van der Waals surface area contributed by atoms with Gasteiger partial charge in [-0.1, -0.05) is 52.3 Å². The highest BCUT2D eigenvalue weighted by atomic mass is 79.9. The Balaban J connectivity index is 2.17. The second kappa shape index (κ2) is 5.06. The average Bonchev–Trinajstić information content (AvgIpc) is 2.70. The van der Waals surface area contributed by atoms with E-state index in [4.69, 9.17) is 0 Å². The van der Waals surface area contributed by atoms with Gasteiger partial charge in [0.15, 0.2) is 0 Å². The highest BCUT2D eigenvalue weighted by Crippen LogP contribution is 2.47. The molecule has 0 unspecified atom stereocenters. The van der Waals surface area contributed by atoms with Gasteiger partial charge in [0.1, 0.15) is 0 Å². The number of carbonyl (C=O) groups is 1. The van der Waals surface area contributed by atoms with Gasteiger partial charge < -0.3 is 0 Å². The molecule has 0 saturated carbocycles. The van der Waals surface area contributed by atoms with E-state index < -0.39 is 5.41 Å². The third-order valence-corrected chi connectivity index (χ3v) is 4.42. The van der Waals surface area contributed by atoms with Gasteiger partial charge in [-0.3, -0.25) is 9.69 Å². The summed E-state index contributed by atoms with van der Waals surface area (Å²) in [6.45, 7) is 2.04. The maximum atomic E-state index is 13.0. The van der Waals surface area contributed by atoms with Crippen LogP contribution in [0.15, 0.2) is 54.6 Å². The molecule has 1 heterocycles. The normalized spacial score (nSPS) is 21.1. The zero-order valence-corrected chi connectivity index (χ0v) is 12.9. The molecule has 0 fully saturated rings. The minimum atomic E-state index is -0.448. The maximum Gasteiger partial charge on any atom is 0.242 e. The Morgan fingerprint density at radius 2 is 1.70 bits per heavy atom. The molecule has 0 radical (unpaired) electrons. The molecule has 2 aromatic carbocycles. The second-order valence-electron chi connectivity index (χ2n) is 5.26. The fraction of sp³-hybridized carbons (Fsp3) is 0.235. The first kappa shape index (κ1) is 13.4. The van der Waals surface area contributed by atoms with E-state index in [1.54, 1.807) is 0 Å². The maximum absolute atomic E-state index is 13.0. The summed E-state index contributed by atoms with van der Waals surface area (Å²) in [5.74, 6) is 0.157. The van der Waals surface area contributed by atoms with E-state index in [0.29, 0.717) is 0 Å². The molecule has 0 N–H and O–H groups in total. The topological polar surface area (TPSA) is 20.3 Å². The van der Waals surface area contributed by atoms with Crippen LogP contribution in [0.3, 0.4) is 0 Å². The summed E-state index contributed by atoms with van der Waals surface area (Å²) >= 11 is 3.48. The van der Waals surface area contributed by atoms with Crippen molar-refractivity contribution in [3.8, 4) is 0 Å². The molecule has 1 aliphatic heterocycles. The van der Waals surface area contributed by atoms with Crippen molar-refractivity contribution in [1.29, 1.82) is 0 Å². The molecule has 3 rings (SSSR count). The van der Waals surface area contributed by atoms with Crippen LogP contribution in [-0.4, -0.2) is 11.2 Å². The van der Waals surface area contributed by atoms with Gasteiger partial charge in [0.05, 0.1) is 11.1 Å². The fourth-order valence-corrected chi connectivity index (χ4v) is 3.66. The summed E-state index contributed by atoms with van der Waals surface area (Å²) in [5, 5.41) is 0.812. The van der Waals surface area contributed by atoms with Gasteiger partial charge in [0, 0.05) is 11.0 Å². The molecule has 0 aliphatic carbocycles. The summed E-state index contributed by atoms with van der Waals surface area (Å²) in [5.41, 5.74) is 2.61. The first-order valence-corrected chi connectivity index (χ1v) is 7.86. The molecular formula is C17H16BrNO. The van der Waals surface area contributed by atoms with Crippen LogP contribution in [0.1, 0.15) is 18.9 Å². The fourth-order valence-electron chi connectivity index (χ4n) is 2.87. The number of rotatable bonds is 3. The van der Waals surface area contributed by atoms with Gasteiger partial charge in [0.2, 0.25) is 5.91 Å². The largest absolute Gasteiger partial charge is 0.280 e. The monoisotopic (exact) mass is 329 g/mol. The standard InChI is InChI=1S/C17H16BrNO/c1-17(11-12-18)14-9-5-6-10-15(14)19(16(17)20)13-7-3-2-4-8-13/h2-10H,11-12H2,1H3/t17-/m1/s1. The lowest BCUT2D eigenvalue weighted by molar-refractivity contribution is -0.122. The second-order valence-corrected chi connectivity index (χ2v) is 6.06. The molecule has 1 aliphatic rings. The van der Waals surface area contributed by atoms with Gasteiger partial charge in [-0.25, -0.2) is 0 Å². The van der Waals surface area contributed by atoms with Crippen LogP contribution < -0.4 is 4.90 Å². The first-order chi connectivity index (χ1) is 9.68. The van der Waals surface area contributed by atoms with E-state index in [2.05, 4.69) is 22.0 Å². The van der Waals surface area contributed by atoms with E-state index in [1.807, 2.05) is 60.4 Å². The summed E-state index contributed by atoms with van der Waals surface area (Å²) < 4.78 is 0. The molecule has 0 aromatic heterocycles. The summed E-state index contributed by atoms with van der Waals surface area (Å²) in [6.07, 6.45) is 0.798. The molecular weight excluding hydrogens is 314 g/mol. The van der Waals surface area contributed by atoms with Crippen molar-refractivity contribution < 1.29 is 4.79 Å². The van der Waals surface area contributed by atoms with Crippen molar-refractivity contribution in [1.82, 2.24) is 0 Å². The molecule has 102 valence electrons. The molecule has 3 heteroatoms. The summed E-state index contributed by atoms with van der Waals surface area (Å²) in [6, 6.07) is 17.9. The Morgan fingerprint density at radius 3 is 2.40 bits per heavy atom. The van der Waals surface area contributed by atoms with E-state index in [0.717, 1.165) is 28.7 Å². The van der Waals surface area contributed by atoms with Crippen molar-refractivity contribution in [2.24, 2.45) is 0 Å². The molecule has 0 spiro atoms. The van der Waals surface area contributed by atoms with Crippen LogP contribution in [0.4, 0.5) is 11.4 Å². The quantitative estimate of drug-likeness (QED) is 0.764. The van der Waals surface area contributed by atoms with E-state index in [1.165, 1.54) is 0 Å². The summed E-state index contributed by atoms with van der Waals surface area (Å²) in [4.78, 5) is 14.8. The van der Waals surface area contributed by atoms with E-state index in [9.17, 15) is 4.79 Å². The smallest absolute Gasteiger partial charge is 0.242 e. The number of para-hydroxylation sites is 2. The number of hydrogen-bond donors (Lipinski definition) is 0. The van der Waals surface area contributed by atoms with Crippen LogP contribution in [0.2, 0.25) is 0 Å². The zero-order chi connectivity index (χ0) is 14.2. The third kappa shape index (κ3) is 1.88. The number of halogens is 1. The Hall–Kier alpha value is -1.61. The molecule has 2 nitrogen and oxygen atoms in total. The van der Waals surface area contributed by atoms with E-state index >= 15 is 0 Å². The van der Waals surface area contributed by atoms with Gasteiger partial charge >= 0.3 is 0 Å². The highest BCUT2D eigenvalue weighted by Gasteiger charge is 2.47. The predicted molar refractivity (Wildman–Crippen MR) is 85.8 cm³/mol. The minimum absolute atomic E-state index is 0.157. The SMILES string of the molecule is C[C@]1(CCBr)C(=O)N(c2ccccc2)c2ccccc21. The van der Waals surface area contributed by atoms with E-state index in [-0.39, 0.29) is 5.91 Å². The van der Waals surface area contributed by atoms with Crippen LogP contribution in [0.5, 0.6) is 0 Å². The lowest BCUT2D eigenvalue weighted by Crippen LogP contribution is -2.36. The third-order valence-electron chi connectivity index (χ3n) is 4.02. The number of anilines is 2. The zero-order valence-electron chi connectivity index (χ0n) is 11.3. The van der Waals surface area contributed by atoms with Crippen molar-refractivity contribution in [3.05, 3.63) is 60.2 Å². The molecule has 20 heavy (non-hydrogen) atoms. The number of alkyl halides is 1. The molecule has 0 saturated heterocycles. The first-order valence-electron chi connectivity index (χ1n) is 6.73. The van der Waals surface area contributed by atoms with Gasteiger partial charge in [-0.2, -0.15) is 0 Å². The Labute approximate surface area is 127 Å². The van der Waals surface area contributed by atoms with Crippen molar-refractivity contribution in [2.45, 2.75) is 18.8 Å².